The molecule has 2 heterocycles. The van der Waals surface area contributed by atoms with Gasteiger partial charge in [-0.15, -0.1) is 0 Å². The Bertz CT molecular complexity index is 1600. The van der Waals surface area contributed by atoms with Crippen molar-refractivity contribution in [3.8, 4) is 5.82 Å². The highest BCUT2D eigenvalue weighted by atomic mass is 35.5. The molecule has 0 bridgehead atoms. The average Bonchev–Trinajstić information content (AvgIpc) is 3.20. The van der Waals surface area contributed by atoms with Crippen molar-refractivity contribution in [3.05, 3.63) is 82.3 Å². The molecule has 2 aromatic carbocycles. The largest absolute Gasteiger partial charge is 0.417 e. The quantitative estimate of drug-likeness (QED) is 0.321. The lowest BCUT2D eigenvalue weighted by Crippen LogP contribution is -2.40. The van der Waals surface area contributed by atoms with Crippen LogP contribution in [0, 0.1) is 6.92 Å². The fourth-order valence-electron chi connectivity index (χ4n) is 3.83. The average molecular weight is 566 g/mol. The topological polar surface area (TPSA) is 106 Å². The van der Waals surface area contributed by atoms with Gasteiger partial charge in [0.2, 0.25) is 0 Å². The summed E-state index contributed by atoms with van der Waals surface area (Å²) >= 11 is 5.95. The maximum atomic E-state index is 13.3. The Balaban J connectivity index is 1.49. The highest BCUT2D eigenvalue weighted by molar-refractivity contribution is 7.90. The molecule has 0 aliphatic carbocycles. The van der Waals surface area contributed by atoms with E-state index < -0.39 is 32.8 Å². The molecule has 200 valence electrons. The van der Waals surface area contributed by atoms with E-state index in [1.807, 2.05) is 18.6 Å². The number of halogens is 4. The first kappa shape index (κ1) is 27.4. The summed E-state index contributed by atoms with van der Waals surface area (Å²) in [5.41, 5.74) is 0.995. The summed E-state index contributed by atoms with van der Waals surface area (Å²) in [5, 5.41) is 2.05. The minimum atomic E-state index is -4.61. The van der Waals surface area contributed by atoms with Crippen LogP contribution in [0.1, 0.15) is 29.6 Å². The zero-order valence-corrected chi connectivity index (χ0v) is 21.9. The molecule has 4 rings (SSSR count). The molecule has 2 N–H and O–H groups in total. The number of carbonyl (C=O) groups excluding carboxylic acids is 1. The molecule has 0 saturated carbocycles. The van der Waals surface area contributed by atoms with Crippen molar-refractivity contribution in [2.24, 2.45) is 0 Å². The molecular formula is C25H23ClF3N5O3S. The first-order valence-electron chi connectivity index (χ1n) is 11.5. The Morgan fingerprint density at radius 1 is 1.08 bits per heavy atom. The number of nitrogens with one attached hydrogen (secondary N) is 2. The van der Waals surface area contributed by atoms with E-state index in [1.165, 1.54) is 18.2 Å². The number of fused-ring (bicyclic) bond motifs is 1. The zero-order valence-electron chi connectivity index (χ0n) is 20.3. The number of urea groups is 1. The van der Waals surface area contributed by atoms with Crippen molar-refractivity contribution >= 4 is 38.7 Å². The molecule has 0 radical (unpaired) electrons. The van der Waals surface area contributed by atoms with Crippen LogP contribution < -0.4 is 10.0 Å². The van der Waals surface area contributed by atoms with Crippen LogP contribution in [0.5, 0.6) is 0 Å². The van der Waals surface area contributed by atoms with Gasteiger partial charge in [0.05, 0.1) is 26.5 Å². The third-order valence-electron chi connectivity index (χ3n) is 5.68. The highest BCUT2D eigenvalue weighted by Crippen LogP contribution is 2.37. The molecule has 0 aliphatic heterocycles. The van der Waals surface area contributed by atoms with E-state index in [9.17, 15) is 26.4 Å². The van der Waals surface area contributed by atoms with Crippen LogP contribution in [0.2, 0.25) is 5.02 Å². The van der Waals surface area contributed by atoms with Crippen LogP contribution >= 0.6 is 11.6 Å². The van der Waals surface area contributed by atoms with Crippen molar-refractivity contribution in [1.29, 1.82) is 0 Å². The summed E-state index contributed by atoms with van der Waals surface area (Å²) in [7, 11) is -4.02. The Hall–Kier alpha value is -3.64. The number of alkyl halides is 3. The number of hydrogen-bond donors (Lipinski definition) is 2. The Kier molecular flexibility index (Phi) is 7.65. The Labute approximate surface area is 221 Å². The molecule has 0 saturated heterocycles. The minimum Gasteiger partial charge on any atom is -0.337 e. The maximum absolute atomic E-state index is 13.3. The van der Waals surface area contributed by atoms with Crippen molar-refractivity contribution in [2.75, 3.05) is 6.54 Å². The zero-order chi connectivity index (χ0) is 27.7. The normalized spacial score (nSPS) is 12.1. The predicted octanol–water partition coefficient (Wildman–Crippen LogP) is 5.19. The van der Waals surface area contributed by atoms with E-state index in [4.69, 9.17) is 11.6 Å². The first-order valence-corrected chi connectivity index (χ1v) is 13.4. The van der Waals surface area contributed by atoms with Crippen LogP contribution in [-0.4, -0.2) is 35.5 Å². The highest BCUT2D eigenvalue weighted by Gasteiger charge is 2.34. The van der Waals surface area contributed by atoms with Gasteiger partial charge in [-0.25, -0.2) is 27.9 Å². The van der Waals surface area contributed by atoms with Gasteiger partial charge in [-0.3, -0.25) is 4.57 Å². The number of rotatable bonds is 7. The lowest BCUT2D eigenvalue weighted by Gasteiger charge is -2.12. The van der Waals surface area contributed by atoms with Crippen molar-refractivity contribution < 1.29 is 26.4 Å². The van der Waals surface area contributed by atoms with Gasteiger partial charge in [0, 0.05) is 25.1 Å². The second kappa shape index (κ2) is 10.6. The second-order valence-corrected chi connectivity index (χ2v) is 10.5. The molecule has 0 spiro atoms. The number of aromatic nitrogens is 3. The fourth-order valence-corrected chi connectivity index (χ4v) is 5.02. The van der Waals surface area contributed by atoms with Gasteiger partial charge in [-0.2, -0.15) is 13.2 Å². The van der Waals surface area contributed by atoms with Gasteiger partial charge in [-0.1, -0.05) is 42.3 Å². The third kappa shape index (κ3) is 5.91. The summed E-state index contributed by atoms with van der Waals surface area (Å²) < 4.78 is 68.3. The van der Waals surface area contributed by atoms with E-state index in [0.717, 1.165) is 11.6 Å². The second-order valence-electron chi connectivity index (χ2n) is 8.45. The van der Waals surface area contributed by atoms with Gasteiger partial charge in [-0.05, 0) is 43.3 Å². The SMILES string of the molecule is CCc1nc2cc(C(F)(F)F)c(Cl)cc2n1-c1cccc(CCNC(=O)NS(=O)(=O)c2ccc(C)cc2)n1. The van der Waals surface area contributed by atoms with E-state index >= 15 is 0 Å². The van der Waals surface area contributed by atoms with Crippen LogP contribution in [0.25, 0.3) is 16.9 Å². The van der Waals surface area contributed by atoms with Crippen LogP contribution in [0.4, 0.5) is 18.0 Å². The van der Waals surface area contributed by atoms with E-state index in [0.29, 0.717) is 29.3 Å². The van der Waals surface area contributed by atoms with Crippen molar-refractivity contribution in [1.82, 2.24) is 24.6 Å². The molecule has 0 fully saturated rings. The number of imidazole rings is 1. The maximum Gasteiger partial charge on any atom is 0.417 e. The van der Waals surface area contributed by atoms with Crippen LogP contribution in [-0.2, 0) is 29.0 Å². The monoisotopic (exact) mass is 565 g/mol. The third-order valence-corrected chi connectivity index (χ3v) is 7.34. The number of sulfonamides is 1. The number of benzene rings is 2. The molecule has 0 atom stereocenters. The Morgan fingerprint density at radius 3 is 2.45 bits per heavy atom. The van der Waals surface area contributed by atoms with Gasteiger partial charge >= 0.3 is 12.2 Å². The molecule has 13 heteroatoms. The number of amides is 2. The smallest absolute Gasteiger partial charge is 0.337 e. The molecule has 0 aliphatic rings. The molecular weight excluding hydrogens is 543 g/mol. The molecule has 2 amide bonds. The summed E-state index contributed by atoms with van der Waals surface area (Å²) in [6.45, 7) is 3.72. The predicted molar refractivity (Wildman–Crippen MR) is 137 cm³/mol. The van der Waals surface area contributed by atoms with Crippen LogP contribution in [0.15, 0.2) is 59.5 Å². The standard InChI is InChI=1S/C25H23ClF3N5O3S/c1-3-22-32-20-13-18(25(27,28)29)19(26)14-21(20)34(22)23-6-4-5-16(31-23)11-12-30-24(35)33-38(36,37)17-9-7-15(2)8-10-17/h4-10,13-14H,3,11-12H2,1-2H3,(H2,30,33,35). The van der Waals surface area contributed by atoms with E-state index in [2.05, 4.69) is 15.3 Å². The minimum absolute atomic E-state index is 0.0330. The molecule has 38 heavy (non-hydrogen) atoms. The summed E-state index contributed by atoms with van der Waals surface area (Å²) in [4.78, 5) is 21.1. The van der Waals surface area contributed by atoms with E-state index in [-0.39, 0.29) is 23.4 Å². The molecule has 4 aromatic rings. The van der Waals surface area contributed by atoms with Gasteiger partial charge < -0.3 is 5.32 Å². The summed E-state index contributed by atoms with van der Waals surface area (Å²) in [6.07, 6.45) is -3.92. The molecule has 8 nitrogen and oxygen atoms in total. The lowest BCUT2D eigenvalue weighted by molar-refractivity contribution is -0.137. The number of pyridine rings is 1. The Morgan fingerprint density at radius 2 is 1.79 bits per heavy atom. The van der Waals surface area contributed by atoms with Gasteiger partial charge in [0.25, 0.3) is 10.0 Å². The summed E-state index contributed by atoms with van der Waals surface area (Å²) in [6, 6.07) is 12.4. The number of carbonyl (C=O) groups is 1. The number of hydrogen-bond acceptors (Lipinski definition) is 5. The summed E-state index contributed by atoms with van der Waals surface area (Å²) in [5.74, 6) is 0.919. The number of nitrogens with zero attached hydrogens (tertiary/aromatic N) is 3. The fraction of sp³-hybridized carbons (Fsp3) is 0.240. The van der Waals surface area contributed by atoms with Crippen molar-refractivity contribution in [2.45, 2.75) is 37.8 Å². The van der Waals surface area contributed by atoms with E-state index in [1.54, 1.807) is 34.9 Å². The number of aryl methyl sites for hydroxylation is 2. The molecule has 0 unspecified atom stereocenters. The first-order chi connectivity index (χ1) is 17.9. The van der Waals surface area contributed by atoms with Gasteiger partial charge in [0.15, 0.2) is 0 Å². The van der Waals surface area contributed by atoms with Gasteiger partial charge in [0.1, 0.15) is 11.6 Å². The molecule has 2 aromatic heterocycles. The van der Waals surface area contributed by atoms with Crippen molar-refractivity contribution in [3.63, 3.8) is 0 Å². The van der Waals surface area contributed by atoms with Crippen LogP contribution in [0.3, 0.4) is 0 Å². The lowest BCUT2D eigenvalue weighted by atomic mass is 10.2.